The van der Waals surface area contributed by atoms with Crippen LogP contribution in [0.4, 0.5) is 0 Å². The highest BCUT2D eigenvalue weighted by atomic mass is 32.2. The predicted octanol–water partition coefficient (Wildman–Crippen LogP) is 1.24. The van der Waals surface area contributed by atoms with Crippen molar-refractivity contribution in [2.75, 3.05) is 13.1 Å². The first-order chi connectivity index (χ1) is 8.83. The molecule has 2 fully saturated rings. The summed E-state index contributed by atoms with van der Waals surface area (Å²) < 4.78 is 22.9. The van der Waals surface area contributed by atoms with Crippen molar-refractivity contribution in [1.29, 1.82) is 0 Å². The van der Waals surface area contributed by atoms with Gasteiger partial charge in [0.1, 0.15) is 0 Å². The predicted molar refractivity (Wildman–Crippen MR) is 73.9 cm³/mol. The summed E-state index contributed by atoms with van der Waals surface area (Å²) in [4.78, 5) is 14.4. The van der Waals surface area contributed by atoms with Crippen molar-refractivity contribution < 1.29 is 13.2 Å². The zero-order valence-corrected chi connectivity index (χ0v) is 12.4. The van der Waals surface area contributed by atoms with Gasteiger partial charge in [0.25, 0.3) is 0 Å². The lowest BCUT2D eigenvalue weighted by atomic mass is 9.74. The summed E-state index contributed by atoms with van der Waals surface area (Å²) in [5.41, 5.74) is -0.293. The number of rotatable bonds is 2. The maximum atomic E-state index is 12.6. The Hall–Kier alpha value is -0.620. The first kappa shape index (κ1) is 14.8. The van der Waals surface area contributed by atoms with Gasteiger partial charge in [0.05, 0.1) is 5.25 Å². The van der Waals surface area contributed by atoms with E-state index in [1.54, 1.807) is 4.90 Å². The zero-order valence-electron chi connectivity index (χ0n) is 11.6. The summed E-state index contributed by atoms with van der Waals surface area (Å²) in [7, 11) is -3.54. The Morgan fingerprint density at radius 3 is 2.42 bits per heavy atom. The number of hydrogen-bond donors (Lipinski definition) is 1. The van der Waals surface area contributed by atoms with Gasteiger partial charge < -0.3 is 4.90 Å². The highest BCUT2D eigenvalue weighted by molar-refractivity contribution is 7.89. The Kier molecular flexibility index (Phi) is 4.20. The first-order valence-electron chi connectivity index (χ1n) is 7.14. The summed E-state index contributed by atoms with van der Waals surface area (Å²) in [6.45, 7) is 2.96. The van der Waals surface area contributed by atoms with Gasteiger partial charge in [-0.15, -0.1) is 0 Å². The van der Waals surface area contributed by atoms with Gasteiger partial charge in [-0.2, -0.15) is 0 Å². The lowest BCUT2D eigenvalue weighted by Crippen LogP contribution is -2.51. The molecule has 0 aromatic rings. The fourth-order valence-electron chi connectivity index (χ4n) is 3.32. The monoisotopic (exact) mass is 288 g/mol. The van der Waals surface area contributed by atoms with Crippen LogP contribution in [0.1, 0.15) is 51.9 Å². The van der Waals surface area contributed by atoms with Gasteiger partial charge in [0.15, 0.2) is 0 Å². The van der Waals surface area contributed by atoms with Gasteiger partial charge in [-0.3, -0.25) is 4.79 Å². The van der Waals surface area contributed by atoms with Gasteiger partial charge in [0, 0.05) is 18.5 Å². The van der Waals surface area contributed by atoms with Gasteiger partial charge in [-0.05, 0) is 25.7 Å². The number of sulfonamides is 1. The Bertz CT molecular complexity index is 441. The number of primary sulfonamides is 1. The molecule has 0 radical (unpaired) electrons. The summed E-state index contributed by atoms with van der Waals surface area (Å²) >= 11 is 0. The van der Waals surface area contributed by atoms with Crippen molar-refractivity contribution in [3.63, 3.8) is 0 Å². The molecule has 1 aliphatic carbocycles. The van der Waals surface area contributed by atoms with E-state index in [0.29, 0.717) is 13.0 Å². The Morgan fingerprint density at radius 1 is 1.21 bits per heavy atom. The molecule has 1 aliphatic heterocycles. The SMILES string of the molecule is CC1(C(=O)N2CCCC(S(N)(=O)=O)C2)CCCCC1. The molecule has 19 heavy (non-hydrogen) atoms. The van der Waals surface area contributed by atoms with Crippen LogP contribution in [-0.2, 0) is 14.8 Å². The topological polar surface area (TPSA) is 80.5 Å². The Balaban J connectivity index is 2.06. The molecule has 0 bridgehead atoms. The molecule has 0 aromatic heterocycles. The highest BCUT2D eigenvalue weighted by Gasteiger charge is 2.40. The van der Waals surface area contributed by atoms with Crippen LogP contribution >= 0.6 is 0 Å². The quantitative estimate of drug-likeness (QED) is 0.830. The largest absolute Gasteiger partial charge is 0.341 e. The number of carbonyl (C=O) groups is 1. The van der Waals surface area contributed by atoms with Gasteiger partial charge in [-0.25, -0.2) is 13.6 Å². The van der Waals surface area contributed by atoms with Crippen LogP contribution < -0.4 is 5.14 Å². The summed E-state index contributed by atoms with van der Waals surface area (Å²) in [5, 5.41) is 4.63. The summed E-state index contributed by atoms with van der Waals surface area (Å²) in [5.74, 6) is 0.126. The third-order valence-electron chi connectivity index (χ3n) is 4.60. The minimum Gasteiger partial charge on any atom is -0.341 e. The second-order valence-electron chi connectivity index (χ2n) is 6.23. The third-order valence-corrected chi connectivity index (χ3v) is 5.92. The average Bonchev–Trinajstić information content (AvgIpc) is 2.38. The molecule has 0 spiro atoms. The number of piperidine rings is 1. The minimum atomic E-state index is -3.54. The van der Waals surface area contributed by atoms with Gasteiger partial charge >= 0.3 is 0 Å². The van der Waals surface area contributed by atoms with E-state index in [0.717, 1.165) is 32.1 Å². The highest BCUT2D eigenvalue weighted by Crippen LogP contribution is 2.38. The molecule has 5 nitrogen and oxygen atoms in total. The van der Waals surface area contributed by atoms with E-state index in [2.05, 4.69) is 0 Å². The molecule has 1 unspecified atom stereocenters. The Morgan fingerprint density at radius 2 is 1.84 bits per heavy atom. The fourth-order valence-corrected chi connectivity index (χ4v) is 4.20. The second-order valence-corrected chi connectivity index (χ2v) is 8.07. The van der Waals surface area contributed by atoms with Crippen LogP contribution in [0.15, 0.2) is 0 Å². The lowest BCUT2D eigenvalue weighted by Gasteiger charge is -2.40. The smallest absolute Gasteiger partial charge is 0.228 e. The van der Waals surface area contributed by atoms with E-state index < -0.39 is 15.3 Å². The van der Waals surface area contributed by atoms with Crippen LogP contribution in [0.25, 0.3) is 0 Å². The van der Waals surface area contributed by atoms with E-state index in [1.165, 1.54) is 6.42 Å². The molecule has 1 atom stereocenters. The third kappa shape index (κ3) is 3.28. The first-order valence-corrected chi connectivity index (χ1v) is 8.75. The molecular weight excluding hydrogens is 264 g/mol. The molecule has 2 N–H and O–H groups in total. The van der Waals surface area contributed by atoms with Gasteiger partial charge in [-0.1, -0.05) is 26.2 Å². The molecule has 1 heterocycles. The molecule has 110 valence electrons. The number of carbonyl (C=O) groups excluding carboxylic acids is 1. The van der Waals surface area contributed by atoms with Crippen molar-refractivity contribution in [3.8, 4) is 0 Å². The van der Waals surface area contributed by atoms with Crippen molar-refractivity contribution in [2.45, 2.75) is 57.1 Å². The normalized spacial score (nSPS) is 28.1. The molecular formula is C13H24N2O3S. The Labute approximate surface area is 115 Å². The second kappa shape index (κ2) is 5.40. The number of nitrogens with zero attached hydrogens (tertiary/aromatic N) is 1. The molecule has 1 saturated carbocycles. The van der Waals surface area contributed by atoms with Crippen molar-refractivity contribution in [3.05, 3.63) is 0 Å². The zero-order chi connectivity index (χ0) is 14.1. The number of nitrogens with two attached hydrogens (primary N) is 1. The molecule has 1 amide bonds. The number of hydrogen-bond acceptors (Lipinski definition) is 3. The molecule has 6 heteroatoms. The van der Waals surface area contributed by atoms with E-state index >= 15 is 0 Å². The average molecular weight is 288 g/mol. The molecule has 2 aliphatic rings. The lowest BCUT2D eigenvalue weighted by molar-refractivity contribution is -0.143. The number of likely N-dealkylation sites (tertiary alicyclic amines) is 1. The van der Waals surface area contributed by atoms with Crippen molar-refractivity contribution in [1.82, 2.24) is 4.90 Å². The van der Waals surface area contributed by atoms with Crippen LogP contribution in [0, 0.1) is 5.41 Å². The maximum Gasteiger partial charge on any atom is 0.228 e. The van der Waals surface area contributed by atoms with Crippen LogP contribution in [0.5, 0.6) is 0 Å². The number of amides is 1. The fraction of sp³-hybridized carbons (Fsp3) is 0.923. The van der Waals surface area contributed by atoms with Crippen molar-refractivity contribution >= 4 is 15.9 Å². The van der Waals surface area contributed by atoms with E-state index in [9.17, 15) is 13.2 Å². The molecule has 0 aromatic carbocycles. The summed E-state index contributed by atoms with van der Waals surface area (Å²) in [6.07, 6.45) is 6.51. The van der Waals surface area contributed by atoms with Crippen LogP contribution in [-0.4, -0.2) is 37.6 Å². The van der Waals surface area contributed by atoms with E-state index in [1.807, 2.05) is 6.92 Å². The standard InChI is InChI=1S/C13H24N2O3S/c1-13(7-3-2-4-8-13)12(16)15-9-5-6-11(10-15)19(14,17)18/h11H,2-10H2,1H3,(H2,14,17,18). The van der Waals surface area contributed by atoms with Gasteiger partial charge in [0.2, 0.25) is 15.9 Å². The van der Waals surface area contributed by atoms with Crippen LogP contribution in [0.2, 0.25) is 0 Å². The molecule has 2 rings (SSSR count). The maximum absolute atomic E-state index is 12.6. The molecule has 1 saturated heterocycles. The van der Waals surface area contributed by atoms with Crippen molar-refractivity contribution in [2.24, 2.45) is 10.6 Å². The minimum absolute atomic E-state index is 0.126. The van der Waals surface area contributed by atoms with E-state index in [4.69, 9.17) is 5.14 Å². The van der Waals surface area contributed by atoms with E-state index in [-0.39, 0.29) is 17.9 Å². The summed E-state index contributed by atoms with van der Waals surface area (Å²) in [6, 6.07) is 0. The van der Waals surface area contributed by atoms with Crippen LogP contribution in [0.3, 0.4) is 0 Å².